The zero-order valence-electron chi connectivity index (χ0n) is 15.9. The van der Waals surface area contributed by atoms with Crippen LogP contribution >= 0.6 is 15.9 Å². The topological polar surface area (TPSA) is 72.9 Å². The molecule has 4 aromatic rings. The molecular formula is C22H21BrN6. The van der Waals surface area contributed by atoms with Crippen molar-refractivity contribution in [2.24, 2.45) is 0 Å². The zero-order chi connectivity index (χ0) is 19.8. The van der Waals surface area contributed by atoms with Crippen molar-refractivity contribution in [2.45, 2.75) is 18.9 Å². The number of anilines is 2. The summed E-state index contributed by atoms with van der Waals surface area (Å²) in [5.41, 5.74) is 11.4. The molecule has 1 saturated heterocycles. The van der Waals surface area contributed by atoms with Crippen molar-refractivity contribution in [1.82, 2.24) is 19.7 Å². The van der Waals surface area contributed by atoms with Crippen LogP contribution in [0.5, 0.6) is 0 Å². The van der Waals surface area contributed by atoms with Gasteiger partial charge in [0.2, 0.25) is 0 Å². The van der Waals surface area contributed by atoms with Gasteiger partial charge in [0, 0.05) is 40.7 Å². The van der Waals surface area contributed by atoms with Crippen LogP contribution in [-0.2, 0) is 0 Å². The average molecular weight is 449 g/mol. The van der Waals surface area contributed by atoms with Gasteiger partial charge in [0.25, 0.3) is 0 Å². The Balaban J connectivity index is 1.32. The molecule has 0 spiro atoms. The standard InChI is InChI=1S/C22H21BrN6/c23-19-2-1-3-20-22(19)27-21(13-25-20)15-12-26-29(14-15)18-8-10-28(11-9-18)17-6-4-16(24)5-7-17/h1-7,12-14,18H,8-11,24H2. The first-order valence-corrected chi connectivity index (χ1v) is 10.5. The Bertz CT molecular complexity index is 1150. The van der Waals surface area contributed by atoms with Gasteiger partial charge < -0.3 is 10.6 Å². The normalized spacial score (nSPS) is 15.1. The maximum atomic E-state index is 5.80. The summed E-state index contributed by atoms with van der Waals surface area (Å²) in [5, 5.41) is 4.63. The lowest BCUT2D eigenvalue weighted by molar-refractivity contribution is 0.367. The number of hydrogen-bond acceptors (Lipinski definition) is 5. The molecule has 0 atom stereocenters. The fourth-order valence-electron chi connectivity index (χ4n) is 3.88. The molecular weight excluding hydrogens is 428 g/mol. The van der Waals surface area contributed by atoms with Gasteiger partial charge in [-0.05, 0) is 65.2 Å². The second kappa shape index (κ2) is 7.48. The van der Waals surface area contributed by atoms with Crippen molar-refractivity contribution in [3.8, 4) is 11.3 Å². The molecule has 0 saturated carbocycles. The molecule has 5 rings (SSSR count). The summed E-state index contributed by atoms with van der Waals surface area (Å²) in [4.78, 5) is 11.7. The van der Waals surface area contributed by atoms with Crippen LogP contribution < -0.4 is 10.6 Å². The Labute approximate surface area is 177 Å². The van der Waals surface area contributed by atoms with E-state index in [1.807, 2.05) is 42.7 Å². The number of rotatable bonds is 3. The Hall–Kier alpha value is -2.93. The predicted octanol–water partition coefficient (Wildman–Crippen LogP) is 4.68. The molecule has 2 aromatic carbocycles. The Kier molecular flexibility index (Phi) is 4.67. The maximum absolute atomic E-state index is 5.80. The summed E-state index contributed by atoms with van der Waals surface area (Å²) in [6.07, 6.45) is 7.91. The van der Waals surface area contributed by atoms with E-state index in [1.165, 1.54) is 5.69 Å². The molecule has 3 heterocycles. The van der Waals surface area contributed by atoms with Crippen LogP contribution in [0.4, 0.5) is 11.4 Å². The van der Waals surface area contributed by atoms with E-state index >= 15 is 0 Å². The molecule has 0 amide bonds. The van der Waals surface area contributed by atoms with Crippen LogP contribution in [0.1, 0.15) is 18.9 Å². The maximum Gasteiger partial charge on any atom is 0.104 e. The molecule has 146 valence electrons. The van der Waals surface area contributed by atoms with Crippen molar-refractivity contribution in [1.29, 1.82) is 0 Å². The van der Waals surface area contributed by atoms with Gasteiger partial charge in [-0.2, -0.15) is 5.10 Å². The molecule has 6 nitrogen and oxygen atoms in total. The highest BCUT2D eigenvalue weighted by Gasteiger charge is 2.22. The molecule has 2 aromatic heterocycles. The quantitative estimate of drug-likeness (QED) is 0.460. The molecule has 0 unspecified atom stereocenters. The second-order valence-electron chi connectivity index (χ2n) is 7.38. The second-order valence-corrected chi connectivity index (χ2v) is 8.24. The first kappa shape index (κ1) is 18.1. The van der Waals surface area contributed by atoms with Crippen LogP contribution in [0.25, 0.3) is 22.3 Å². The monoisotopic (exact) mass is 448 g/mol. The Morgan fingerprint density at radius 1 is 1.00 bits per heavy atom. The number of hydrogen-bond donors (Lipinski definition) is 1. The lowest BCUT2D eigenvalue weighted by atomic mass is 10.0. The summed E-state index contributed by atoms with van der Waals surface area (Å²) < 4.78 is 3.04. The van der Waals surface area contributed by atoms with Crippen molar-refractivity contribution < 1.29 is 0 Å². The van der Waals surface area contributed by atoms with Gasteiger partial charge in [0.15, 0.2) is 0 Å². The Morgan fingerprint density at radius 3 is 2.59 bits per heavy atom. The van der Waals surface area contributed by atoms with E-state index in [4.69, 9.17) is 10.7 Å². The number of halogens is 1. The van der Waals surface area contributed by atoms with Gasteiger partial charge in [-0.1, -0.05) is 6.07 Å². The predicted molar refractivity (Wildman–Crippen MR) is 120 cm³/mol. The van der Waals surface area contributed by atoms with Gasteiger partial charge >= 0.3 is 0 Å². The number of aromatic nitrogens is 4. The molecule has 1 aliphatic heterocycles. The first-order chi connectivity index (χ1) is 14.2. The van der Waals surface area contributed by atoms with Crippen LogP contribution in [0.2, 0.25) is 0 Å². The molecule has 0 aliphatic carbocycles. The summed E-state index contributed by atoms with van der Waals surface area (Å²) in [7, 11) is 0. The molecule has 2 N–H and O–H groups in total. The third-order valence-electron chi connectivity index (χ3n) is 5.52. The number of nitrogens with zero attached hydrogens (tertiary/aromatic N) is 5. The SMILES string of the molecule is Nc1ccc(N2CCC(n3cc(-c4cnc5cccc(Br)c5n4)cn3)CC2)cc1. The van der Waals surface area contributed by atoms with E-state index in [1.54, 1.807) is 0 Å². The van der Waals surface area contributed by atoms with E-state index in [2.05, 4.69) is 53.9 Å². The average Bonchev–Trinajstić information content (AvgIpc) is 3.25. The van der Waals surface area contributed by atoms with E-state index in [9.17, 15) is 0 Å². The molecule has 29 heavy (non-hydrogen) atoms. The molecule has 1 fully saturated rings. The van der Waals surface area contributed by atoms with Gasteiger partial charge in [0.05, 0.1) is 29.6 Å². The highest BCUT2D eigenvalue weighted by atomic mass is 79.9. The van der Waals surface area contributed by atoms with Crippen LogP contribution in [0, 0.1) is 0 Å². The summed E-state index contributed by atoms with van der Waals surface area (Å²) in [5.74, 6) is 0. The third kappa shape index (κ3) is 3.58. The van der Waals surface area contributed by atoms with Crippen molar-refractivity contribution in [2.75, 3.05) is 23.7 Å². The third-order valence-corrected chi connectivity index (χ3v) is 6.16. The number of benzene rings is 2. The van der Waals surface area contributed by atoms with E-state index in [0.717, 1.165) is 58.4 Å². The summed E-state index contributed by atoms with van der Waals surface area (Å²) >= 11 is 3.57. The number of piperidine rings is 1. The van der Waals surface area contributed by atoms with E-state index in [-0.39, 0.29) is 0 Å². The minimum absolute atomic E-state index is 0.397. The summed E-state index contributed by atoms with van der Waals surface area (Å²) in [6.45, 7) is 2.01. The fraction of sp³-hybridized carbons (Fsp3) is 0.227. The molecule has 0 radical (unpaired) electrons. The number of nitrogens with two attached hydrogens (primary N) is 1. The zero-order valence-corrected chi connectivity index (χ0v) is 17.5. The van der Waals surface area contributed by atoms with Gasteiger partial charge in [-0.3, -0.25) is 9.67 Å². The minimum Gasteiger partial charge on any atom is -0.399 e. The number of para-hydroxylation sites is 1. The number of nitrogen functional groups attached to an aromatic ring is 1. The summed E-state index contributed by atoms with van der Waals surface area (Å²) in [6, 6.07) is 14.4. The van der Waals surface area contributed by atoms with Gasteiger partial charge in [-0.25, -0.2) is 4.98 Å². The highest BCUT2D eigenvalue weighted by molar-refractivity contribution is 9.10. The fourth-order valence-corrected chi connectivity index (χ4v) is 4.33. The van der Waals surface area contributed by atoms with Crippen molar-refractivity contribution >= 4 is 38.3 Å². The highest BCUT2D eigenvalue weighted by Crippen LogP contribution is 2.29. The van der Waals surface area contributed by atoms with E-state index < -0.39 is 0 Å². The van der Waals surface area contributed by atoms with E-state index in [0.29, 0.717) is 6.04 Å². The molecule has 0 bridgehead atoms. The van der Waals surface area contributed by atoms with Gasteiger partial charge in [-0.15, -0.1) is 0 Å². The van der Waals surface area contributed by atoms with Crippen LogP contribution in [-0.4, -0.2) is 32.8 Å². The van der Waals surface area contributed by atoms with Crippen molar-refractivity contribution in [3.63, 3.8) is 0 Å². The smallest absolute Gasteiger partial charge is 0.104 e. The minimum atomic E-state index is 0.397. The van der Waals surface area contributed by atoms with Crippen LogP contribution in [0.3, 0.4) is 0 Å². The molecule has 1 aliphatic rings. The van der Waals surface area contributed by atoms with Crippen molar-refractivity contribution in [3.05, 3.63) is 65.5 Å². The van der Waals surface area contributed by atoms with Crippen LogP contribution in [0.15, 0.2) is 65.5 Å². The molecule has 7 heteroatoms. The number of fused-ring (bicyclic) bond motifs is 1. The van der Waals surface area contributed by atoms with Gasteiger partial charge in [0.1, 0.15) is 5.52 Å². The Morgan fingerprint density at radius 2 is 1.79 bits per heavy atom. The lowest BCUT2D eigenvalue weighted by Gasteiger charge is -2.33. The first-order valence-electron chi connectivity index (χ1n) is 9.74. The lowest BCUT2D eigenvalue weighted by Crippen LogP contribution is -2.34. The largest absolute Gasteiger partial charge is 0.399 e.